The molecule has 1 aromatic rings. The van der Waals surface area contributed by atoms with E-state index in [9.17, 15) is 0 Å². The Morgan fingerprint density at radius 3 is 2.17 bits per heavy atom. The molecule has 0 bridgehead atoms. The Labute approximate surface area is 98.6 Å². The van der Waals surface area contributed by atoms with Gasteiger partial charge in [0.1, 0.15) is 11.5 Å². The van der Waals surface area contributed by atoms with Crippen LogP contribution in [-0.4, -0.2) is 14.2 Å². The fourth-order valence-electron chi connectivity index (χ4n) is 0.650. The molecule has 0 amide bonds. The van der Waals surface area contributed by atoms with Gasteiger partial charge in [-0.1, -0.05) is 0 Å². The summed E-state index contributed by atoms with van der Waals surface area (Å²) in [5.74, 6) is 1.52. The number of hydrogen-bond donors (Lipinski definition) is 0. The molecule has 0 heterocycles. The third-order valence-corrected chi connectivity index (χ3v) is 1.21. The topological polar surface area (TPSA) is 18.5 Å². The van der Waals surface area contributed by atoms with Crippen LogP contribution in [0.1, 0.15) is 0 Å². The molecular formula is C8H11NaO2P. The van der Waals surface area contributed by atoms with Gasteiger partial charge < -0.3 is 19.4 Å². The molecule has 12 heavy (non-hydrogen) atoms. The van der Waals surface area contributed by atoms with E-state index in [1.807, 2.05) is 6.07 Å². The molecule has 2 nitrogen and oxygen atoms in total. The van der Waals surface area contributed by atoms with E-state index in [-0.39, 0.29) is 39.5 Å². The van der Waals surface area contributed by atoms with E-state index < -0.39 is 0 Å². The molecule has 0 aliphatic carbocycles. The maximum absolute atomic E-state index is 4.93. The molecule has 0 aliphatic rings. The van der Waals surface area contributed by atoms with Crippen molar-refractivity contribution in [2.45, 2.75) is 0 Å². The molecule has 0 aliphatic heterocycles. The molecular weight excluding hydrogens is 182 g/mol. The van der Waals surface area contributed by atoms with Gasteiger partial charge in [0.15, 0.2) is 0 Å². The van der Waals surface area contributed by atoms with Crippen LogP contribution < -0.4 is 39.0 Å². The minimum atomic E-state index is 0. The quantitative estimate of drug-likeness (QED) is 0.435. The van der Waals surface area contributed by atoms with E-state index >= 15 is 0 Å². The largest absolute Gasteiger partial charge is 1.00 e. The van der Waals surface area contributed by atoms with Gasteiger partial charge in [-0.2, -0.15) is 0 Å². The van der Waals surface area contributed by atoms with Crippen molar-refractivity contribution in [2.24, 2.45) is 0 Å². The second kappa shape index (κ2) is 7.88. The van der Waals surface area contributed by atoms with Crippen LogP contribution in [0.2, 0.25) is 0 Å². The number of benzene rings is 1. The van der Waals surface area contributed by atoms with Gasteiger partial charge in [0, 0.05) is 6.07 Å². The summed E-state index contributed by atoms with van der Waals surface area (Å²) in [6, 6.07) is 8.26. The van der Waals surface area contributed by atoms with Gasteiger partial charge in [-0.05, 0) is 18.2 Å². The van der Waals surface area contributed by atoms with Crippen LogP contribution in [0.3, 0.4) is 0 Å². The summed E-state index contributed by atoms with van der Waals surface area (Å²) in [6.45, 7) is 0. The standard InChI is InChI=1S/C8H9O2.Na.H2P/c1-9-7-3-5-8(10-2)6-4-7;;/h3-5H,1-2H3;;1H2/q;+1;-1. The zero-order valence-corrected chi connectivity index (χ0v) is 10.8. The molecule has 1 radical (unpaired) electrons. The van der Waals surface area contributed by atoms with Crippen LogP contribution >= 0.6 is 9.90 Å². The van der Waals surface area contributed by atoms with E-state index in [0.29, 0.717) is 0 Å². The fourth-order valence-corrected chi connectivity index (χ4v) is 0.650. The Kier molecular flexibility index (Phi) is 9.69. The molecule has 1 rings (SSSR count). The number of methoxy groups -OCH3 is 2. The zero-order valence-electron chi connectivity index (χ0n) is 7.63. The molecule has 0 spiro atoms. The van der Waals surface area contributed by atoms with Crippen LogP contribution in [0.25, 0.3) is 0 Å². The zero-order chi connectivity index (χ0) is 7.40. The second-order valence-electron chi connectivity index (χ2n) is 1.80. The molecule has 0 atom stereocenters. The summed E-state index contributed by atoms with van der Waals surface area (Å²) < 4.78 is 9.83. The summed E-state index contributed by atoms with van der Waals surface area (Å²) in [6.07, 6.45) is 0. The predicted molar refractivity (Wildman–Crippen MR) is 48.1 cm³/mol. The Bertz CT molecular complexity index is 178. The number of hydrogen-bond acceptors (Lipinski definition) is 2. The Morgan fingerprint density at radius 1 is 1.17 bits per heavy atom. The van der Waals surface area contributed by atoms with Crippen LogP contribution in [0.4, 0.5) is 0 Å². The minimum Gasteiger partial charge on any atom is -0.577 e. The number of ether oxygens (including phenoxy) is 2. The van der Waals surface area contributed by atoms with Crippen LogP contribution in [0, 0.1) is 6.07 Å². The van der Waals surface area contributed by atoms with Gasteiger partial charge in [-0.3, -0.25) is 0 Å². The first kappa shape index (κ1) is 14.8. The molecule has 0 unspecified atom stereocenters. The first-order chi connectivity index (χ1) is 4.86. The van der Waals surface area contributed by atoms with E-state index in [1.165, 1.54) is 0 Å². The monoisotopic (exact) mass is 193 g/mol. The Hall–Kier alpha value is 0.250. The fraction of sp³-hybridized carbons (Fsp3) is 0.250. The van der Waals surface area contributed by atoms with Gasteiger partial charge in [0.25, 0.3) is 0 Å². The van der Waals surface area contributed by atoms with Crippen molar-refractivity contribution in [1.29, 1.82) is 0 Å². The molecule has 0 aromatic heterocycles. The van der Waals surface area contributed by atoms with Gasteiger partial charge in [0.2, 0.25) is 0 Å². The molecule has 0 saturated carbocycles. The first-order valence-electron chi connectivity index (χ1n) is 2.96. The maximum Gasteiger partial charge on any atom is 1.00 e. The van der Waals surface area contributed by atoms with Crippen molar-refractivity contribution < 1.29 is 39.0 Å². The van der Waals surface area contributed by atoms with Gasteiger partial charge in [-0.25, -0.2) is 0 Å². The summed E-state index contributed by atoms with van der Waals surface area (Å²) in [5, 5.41) is 0. The normalized spacial score (nSPS) is 7.50. The Morgan fingerprint density at radius 2 is 1.83 bits per heavy atom. The van der Waals surface area contributed by atoms with Crippen molar-refractivity contribution in [2.75, 3.05) is 14.2 Å². The van der Waals surface area contributed by atoms with Gasteiger partial charge >= 0.3 is 29.6 Å². The third-order valence-electron chi connectivity index (χ3n) is 1.21. The third kappa shape index (κ3) is 4.32. The van der Waals surface area contributed by atoms with Gasteiger partial charge in [0.05, 0.1) is 14.2 Å². The van der Waals surface area contributed by atoms with E-state index in [4.69, 9.17) is 9.47 Å². The summed E-state index contributed by atoms with van der Waals surface area (Å²) in [7, 11) is 3.23. The van der Waals surface area contributed by atoms with E-state index in [0.717, 1.165) is 11.5 Å². The van der Waals surface area contributed by atoms with Crippen molar-refractivity contribution in [3.8, 4) is 11.5 Å². The van der Waals surface area contributed by atoms with Crippen LogP contribution in [-0.2, 0) is 0 Å². The molecule has 1 aromatic carbocycles. The van der Waals surface area contributed by atoms with E-state index in [2.05, 4.69) is 6.07 Å². The Balaban J connectivity index is 0. The SMILES string of the molecule is COc1[c]cc(OC)cc1.[Na+].[PH2-]. The second-order valence-corrected chi connectivity index (χ2v) is 1.80. The van der Waals surface area contributed by atoms with Crippen LogP contribution in [0.5, 0.6) is 11.5 Å². The predicted octanol–water partition coefficient (Wildman–Crippen LogP) is -1.17. The molecule has 0 saturated heterocycles. The average Bonchev–Trinajstić information content (AvgIpc) is 2.05. The summed E-state index contributed by atoms with van der Waals surface area (Å²) >= 11 is 0. The summed E-state index contributed by atoms with van der Waals surface area (Å²) in [4.78, 5) is 0. The van der Waals surface area contributed by atoms with Crippen molar-refractivity contribution in [3.05, 3.63) is 24.3 Å². The molecule has 4 heteroatoms. The van der Waals surface area contributed by atoms with Crippen molar-refractivity contribution in [3.63, 3.8) is 0 Å². The first-order valence-corrected chi connectivity index (χ1v) is 2.96. The summed E-state index contributed by atoms with van der Waals surface area (Å²) in [5.41, 5.74) is 0. The van der Waals surface area contributed by atoms with Crippen LogP contribution in [0.15, 0.2) is 18.2 Å². The molecule has 0 fully saturated rings. The van der Waals surface area contributed by atoms with E-state index in [1.54, 1.807) is 26.4 Å². The molecule has 61 valence electrons. The van der Waals surface area contributed by atoms with Crippen molar-refractivity contribution >= 4 is 9.90 Å². The smallest absolute Gasteiger partial charge is 0.577 e. The van der Waals surface area contributed by atoms with Gasteiger partial charge in [-0.15, -0.1) is 0 Å². The van der Waals surface area contributed by atoms with Crippen molar-refractivity contribution in [1.82, 2.24) is 0 Å². The minimum absolute atomic E-state index is 0. The maximum atomic E-state index is 4.93. The average molecular weight is 193 g/mol. The molecule has 0 N–H and O–H groups in total. The number of rotatable bonds is 2.